The molecule has 0 saturated heterocycles. The first-order chi connectivity index (χ1) is 10.9. The molecule has 1 aromatic heterocycles. The maximum atomic E-state index is 12.2. The number of sulfonamides is 1. The topological polar surface area (TPSA) is 112 Å². The Morgan fingerprint density at radius 3 is 2.70 bits per heavy atom. The van der Waals surface area contributed by atoms with Gasteiger partial charge in [-0.15, -0.1) is 0 Å². The molecule has 1 amide bonds. The maximum absolute atomic E-state index is 12.2. The molecule has 7 nitrogen and oxygen atoms in total. The van der Waals surface area contributed by atoms with Gasteiger partial charge >= 0.3 is 0 Å². The lowest BCUT2D eigenvalue weighted by Crippen LogP contribution is -2.30. The second-order valence-electron chi connectivity index (χ2n) is 4.36. The molecule has 2 aromatic rings. The van der Waals surface area contributed by atoms with Gasteiger partial charge in [-0.1, -0.05) is 0 Å². The molecule has 0 atom stereocenters. The van der Waals surface area contributed by atoms with Crippen molar-refractivity contribution in [1.82, 2.24) is 9.71 Å². The minimum atomic E-state index is -4.05. The van der Waals surface area contributed by atoms with Crippen molar-refractivity contribution in [3.63, 3.8) is 0 Å². The van der Waals surface area contributed by atoms with Gasteiger partial charge in [0, 0.05) is 0 Å². The monoisotopic (exact) mass is 397 g/mol. The Balaban J connectivity index is 2.23. The number of aromatic nitrogens is 1. The molecule has 1 aromatic carbocycles. The number of nitriles is 1. The minimum absolute atomic E-state index is 0.0184. The summed E-state index contributed by atoms with van der Waals surface area (Å²) in [7, 11) is -4.05. The van der Waals surface area contributed by atoms with Crippen LogP contribution in [0.1, 0.15) is 23.1 Å². The third-order valence-corrected chi connectivity index (χ3v) is 4.74. The number of hydrogen-bond donors (Lipinski definition) is 2. The molecule has 0 bridgehead atoms. The predicted molar refractivity (Wildman–Crippen MR) is 85.5 cm³/mol. The Hall–Kier alpha value is -2.31. The number of aromatic amines is 1. The van der Waals surface area contributed by atoms with Gasteiger partial charge in [-0.05, 0) is 53.2 Å². The molecule has 0 unspecified atom stereocenters. The van der Waals surface area contributed by atoms with Crippen molar-refractivity contribution >= 4 is 31.9 Å². The molecule has 2 N–H and O–H groups in total. The Kier molecular flexibility index (Phi) is 5.08. The van der Waals surface area contributed by atoms with Crippen molar-refractivity contribution in [2.75, 3.05) is 6.61 Å². The van der Waals surface area contributed by atoms with Crippen molar-refractivity contribution in [3.8, 4) is 11.8 Å². The maximum Gasteiger partial charge on any atom is 0.281 e. The first-order valence-electron chi connectivity index (χ1n) is 6.46. The van der Waals surface area contributed by atoms with E-state index >= 15 is 0 Å². The highest BCUT2D eigenvalue weighted by molar-refractivity contribution is 9.10. The van der Waals surface area contributed by atoms with Gasteiger partial charge in [-0.25, -0.2) is 13.1 Å². The van der Waals surface area contributed by atoms with Crippen LogP contribution < -0.4 is 9.46 Å². The van der Waals surface area contributed by atoms with E-state index in [1.54, 1.807) is 0 Å². The van der Waals surface area contributed by atoms with Crippen molar-refractivity contribution in [3.05, 3.63) is 46.2 Å². The summed E-state index contributed by atoms with van der Waals surface area (Å²) in [5.74, 6) is -0.350. The lowest BCUT2D eigenvalue weighted by atomic mass is 10.3. The summed E-state index contributed by atoms with van der Waals surface area (Å²) in [4.78, 5) is 14.4. The van der Waals surface area contributed by atoms with Gasteiger partial charge in [0.15, 0.2) is 0 Å². The van der Waals surface area contributed by atoms with Gasteiger partial charge in [0.25, 0.3) is 15.9 Å². The van der Waals surface area contributed by atoms with Gasteiger partial charge in [-0.3, -0.25) is 4.79 Å². The van der Waals surface area contributed by atoms with Crippen LogP contribution in [0.5, 0.6) is 5.75 Å². The summed E-state index contributed by atoms with van der Waals surface area (Å²) >= 11 is 3.22. The van der Waals surface area contributed by atoms with Crippen molar-refractivity contribution in [1.29, 1.82) is 5.26 Å². The molecule has 0 fully saturated rings. The molecule has 120 valence electrons. The number of nitrogens with zero attached hydrogens (tertiary/aromatic N) is 1. The average Bonchev–Trinajstić information content (AvgIpc) is 2.98. The largest absolute Gasteiger partial charge is 0.493 e. The second-order valence-corrected chi connectivity index (χ2v) is 6.89. The number of halogens is 1. The Labute approximate surface area is 141 Å². The Morgan fingerprint density at radius 1 is 1.39 bits per heavy atom. The summed E-state index contributed by atoms with van der Waals surface area (Å²) in [6, 6.07) is 8.70. The van der Waals surface area contributed by atoms with Crippen LogP contribution in [0.15, 0.2) is 39.7 Å². The minimum Gasteiger partial charge on any atom is -0.493 e. The van der Waals surface area contributed by atoms with Gasteiger partial charge in [-0.2, -0.15) is 5.26 Å². The summed E-state index contributed by atoms with van der Waals surface area (Å²) in [6.07, 6.45) is 0. The summed E-state index contributed by atoms with van der Waals surface area (Å²) in [5.41, 5.74) is 0.145. The summed E-state index contributed by atoms with van der Waals surface area (Å²) in [5, 5.41) is 8.70. The van der Waals surface area contributed by atoms with Gasteiger partial charge in [0.1, 0.15) is 23.2 Å². The first kappa shape index (κ1) is 17.1. The van der Waals surface area contributed by atoms with E-state index in [4.69, 9.17) is 10.00 Å². The van der Waals surface area contributed by atoms with E-state index in [0.29, 0.717) is 16.8 Å². The van der Waals surface area contributed by atoms with E-state index in [1.807, 2.05) is 17.7 Å². The molecule has 9 heteroatoms. The standard InChI is InChI=1S/C14H12BrN3O4S/c1-2-22-13-6-4-10(7-11(13)15)23(20,21)18-14(19)12-5-3-9(8-16)17-12/h3-7,17H,2H2,1H3,(H,18,19). The molecule has 23 heavy (non-hydrogen) atoms. The molecule has 0 saturated carbocycles. The van der Waals surface area contributed by atoms with Crippen LogP contribution in [0.4, 0.5) is 0 Å². The number of carbonyl (C=O) groups excluding carboxylic acids is 1. The van der Waals surface area contributed by atoms with E-state index < -0.39 is 15.9 Å². The Bertz CT molecular complexity index is 884. The zero-order valence-corrected chi connectivity index (χ0v) is 14.4. The smallest absolute Gasteiger partial charge is 0.281 e. The van der Waals surface area contributed by atoms with Crippen LogP contribution in [-0.4, -0.2) is 25.9 Å². The van der Waals surface area contributed by atoms with Crippen LogP contribution in [-0.2, 0) is 10.0 Å². The van der Waals surface area contributed by atoms with Crippen LogP contribution in [0.25, 0.3) is 0 Å². The number of benzene rings is 1. The molecule has 0 spiro atoms. The fraction of sp³-hybridized carbons (Fsp3) is 0.143. The van der Waals surface area contributed by atoms with Crippen LogP contribution in [0.2, 0.25) is 0 Å². The molecular weight excluding hydrogens is 386 g/mol. The Morgan fingerprint density at radius 2 is 2.13 bits per heavy atom. The third-order valence-electron chi connectivity index (χ3n) is 2.79. The number of rotatable bonds is 5. The zero-order valence-electron chi connectivity index (χ0n) is 12.0. The van der Waals surface area contributed by atoms with Crippen LogP contribution >= 0.6 is 15.9 Å². The fourth-order valence-corrected chi connectivity index (χ4v) is 3.39. The zero-order chi connectivity index (χ0) is 17.0. The number of nitrogens with one attached hydrogen (secondary N) is 2. The number of hydrogen-bond acceptors (Lipinski definition) is 5. The SMILES string of the molecule is CCOc1ccc(S(=O)(=O)NC(=O)c2ccc(C#N)[nH]2)cc1Br. The van der Waals surface area contributed by atoms with E-state index in [0.717, 1.165) is 0 Å². The lowest BCUT2D eigenvalue weighted by Gasteiger charge is -2.09. The number of ether oxygens (including phenoxy) is 1. The van der Waals surface area contributed by atoms with Gasteiger partial charge in [0.05, 0.1) is 16.0 Å². The number of H-pyrrole nitrogens is 1. The third kappa shape index (κ3) is 3.91. The molecule has 2 rings (SSSR count). The number of carbonyl (C=O) groups is 1. The van der Waals surface area contributed by atoms with E-state index in [9.17, 15) is 13.2 Å². The van der Waals surface area contributed by atoms with E-state index in [1.165, 1.54) is 30.3 Å². The molecule has 0 radical (unpaired) electrons. The highest BCUT2D eigenvalue weighted by Crippen LogP contribution is 2.27. The summed E-state index contributed by atoms with van der Waals surface area (Å²) < 4.78 is 32.2. The average molecular weight is 398 g/mol. The molecule has 1 heterocycles. The molecule has 0 aliphatic rings. The molecule has 0 aliphatic heterocycles. The molecular formula is C14H12BrN3O4S. The van der Waals surface area contributed by atoms with Gasteiger partial charge in [0.2, 0.25) is 0 Å². The number of amides is 1. The van der Waals surface area contributed by atoms with Crippen molar-refractivity contribution < 1.29 is 17.9 Å². The van der Waals surface area contributed by atoms with Crippen LogP contribution in [0, 0.1) is 11.3 Å². The fourth-order valence-electron chi connectivity index (χ4n) is 1.75. The van der Waals surface area contributed by atoms with Gasteiger partial charge < -0.3 is 9.72 Å². The van der Waals surface area contributed by atoms with Crippen molar-refractivity contribution in [2.24, 2.45) is 0 Å². The quantitative estimate of drug-likeness (QED) is 0.802. The highest BCUT2D eigenvalue weighted by atomic mass is 79.9. The lowest BCUT2D eigenvalue weighted by molar-refractivity contribution is 0.0977. The normalized spacial score (nSPS) is 10.8. The van der Waals surface area contributed by atoms with Crippen LogP contribution in [0.3, 0.4) is 0 Å². The second kappa shape index (κ2) is 6.85. The van der Waals surface area contributed by atoms with E-state index in [2.05, 4.69) is 20.9 Å². The van der Waals surface area contributed by atoms with Crippen molar-refractivity contribution in [2.45, 2.75) is 11.8 Å². The highest BCUT2D eigenvalue weighted by Gasteiger charge is 2.20. The molecule has 0 aliphatic carbocycles. The first-order valence-corrected chi connectivity index (χ1v) is 8.73. The predicted octanol–water partition coefficient (Wildman–Crippen LogP) is 2.17. The van der Waals surface area contributed by atoms with E-state index in [-0.39, 0.29) is 16.3 Å². The summed E-state index contributed by atoms with van der Waals surface area (Å²) in [6.45, 7) is 2.25.